The molecule has 0 atom stereocenters. The Balaban J connectivity index is 1.58. The minimum Gasteiger partial charge on any atom is -0.315 e. The zero-order valence-corrected chi connectivity index (χ0v) is 22.5. The van der Waals surface area contributed by atoms with Crippen LogP contribution in [-0.4, -0.2) is 31.7 Å². The van der Waals surface area contributed by atoms with Gasteiger partial charge in [0.15, 0.2) is 0 Å². The van der Waals surface area contributed by atoms with Crippen LogP contribution in [0, 0.1) is 33.5 Å². The lowest BCUT2D eigenvalue weighted by molar-refractivity contribution is -0.119. The second-order valence-electron chi connectivity index (χ2n) is 9.02. The number of aryl methyl sites for hydroxylation is 3. The largest absolute Gasteiger partial charge is 0.315 e. The van der Waals surface area contributed by atoms with Crippen molar-refractivity contribution in [1.82, 2.24) is 9.99 Å². The molecule has 0 saturated heterocycles. The monoisotopic (exact) mass is 532 g/mol. The molecule has 0 aliphatic carbocycles. The summed E-state index contributed by atoms with van der Waals surface area (Å²) in [6.07, 6.45) is 1.46. The third-order valence-corrected chi connectivity index (χ3v) is 7.98. The van der Waals surface area contributed by atoms with Gasteiger partial charge in [0.05, 0.1) is 22.5 Å². The predicted octanol–water partition coefficient (Wildman–Crippen LogP) is 5.20. The number of hydrogen-bond donors (Lipinski definition) is 1. The van der Waals surface area contributed by atoms with Crippen LogP contribution < -0.4 is 9.73 Å². The van der Waals surface area contributed by atoms with Crippen LogP contribution in [0.15, 0.2) is 88.9 Å². The number of halogens is 1. The van der Waals surface area contributed by atoms with Crippen LogP contribution in [0.2, 0.25) is 0 Å². The van der Waals surface area contributed by atoms with Crippen molar-refractivity contribution in [3.63, 3.8) is 0 Å². The topological polar surface area (TPSA) is 83.8 Å². The lowest BCUT2D eigenvalue weighted by Gasteiger charge is -2.25. The third-order valence-electron chi connectivity index (χ3n) is 6.21. The van der Waals surface area contributed by atoms with Crippen molar-refractivity contribution < 1.29 is 17.6 Å². The van der Waals surface area contributed by atoms with Crippen molar-refractivity contribution in [1.29, 1.82) is 0 Å². The van der Waals surface area contributed by atoms with Crippen LogP contribution in [0.4, 0.5) is 10.1 Å². The van der Waals surface area contributed by atoms with Gasteiger partial charge in [-0.2, -0.15) is 5.10 Å². The number of nitrogens with zero attached hydrogens (tertiary/aromatic N) is 3. The highest BCUT2D eigenvalue weighted by Crippen LogP contribution is 2.28. The van der Waals surface area contributed by atoms with Crippen LogP contribution in [0.3, 0.4) is 0 Å². The van der Waals surface area contributed by atoms with Crippen molar-refractivity contribution in [2.24, 2.45) is 5.10 Å². The summed E-state index contributed by atoms with van der Waals surface area (Å²) in [6.45, 7) is 6.87. The molecule has 0 bridgehead atoms. The molecule has 38 heavy (non-hydrogen) atoms. The Morgan fingerprint density at radius 2 is 1.66 bits per heavy atom. The average molecular weight is 533 g/mol. The Morgan fingerprint density at radius 1 is 0.974 bits per heavy atom. The molecule has 0 radical (unpaired) electrons. The first-order valence-corrected chi connectivity index (χ1v) is 13.4. The first kappa shape index (κ1) is 26.8. The average Bonchev–Trinajstić information content (AvgIpc) is 3.17. The number of nitrogens with one attached hydrogen (secondary N) is 1. The molecule has 1 amide bonds. The van der Waals surface area contributed by atoms with Gasteiger partial charge in [-0.1, -0.05) is 42.5 Å². The number of para-hydroxylation sites is 1. The van der Waals surface area contributed by atoms with Gasteiger partial charge in [0.2, 0.25) is 0 Å². The van der Waals surface area contributed by atoms with Crippen LogP contribution in [0.5, 0.6) is 0 Å². The van der Waals surface area contributed by atoms with Crippen molar-refractivity contribution in [3.05, 3.63) is 113 Å². The molecular formula is C29H29FN4O3S. The number of amides is 1. The fraction of sp³-hybridized carbons (Fsp3) is 0.172. The second-order valence-corrected chi connectivity index (χ2v) is 10.9. The molecule has 0 fully saturated rings. The van der Waals surface area contributed by atoms with Crippen LogP contribution >= 0.6 is 0 Å². The highest BCUT2D eigenvalue weighted by atomic mass is 32.2. The Hall–Kier alpha value is -4.24. The molecule has 0 unspecified atom stereocenters. The van der Waals surface area contributed by atoms with E-state index in [9.17, 15) is 17.6 Å². The first-order chi connectivity index (χ1) is 18.1. The van der Waals surface area contributed by atoms with E-state index in [1.807, 2.05) is 39.0 Å². The zero-order valence-electron chi connectivity index (χ0n) is 21.6. The minimum absolute atomic E-state index is 0.0813. The van der Waals surface area contributed by atoms with Crippen molar-refractivity contribution >= 4 is 27.8 Å². The van der Waals surface area contributed by atoms with Crippen LogP contribution in [0.1, 0.15) is 28.1 Å². The molecule has 4 rings (SSSR count). The summed E-state index contributed by atoms with van der Waals surface area (Å²) in [5, 5.41) is 4.06. The smallest absolute Gasteiger partial charge is 0.264 e. The number of aromatic nitrogens is 1. The quantitative estimate of drug-likeness (QED) is 0.250. The molecule has 0 aliphatic heterocycles. The molecule has 0 spiro atoms. The van der Waals surface area contributed by atoms with E-state index >= 15 is 0 Å². The van der Waals surface area contributed by atoms with Gasteiger partial charge in [-0.05, 0) is 75.2 Å². The van der Waals surface area contributed by atoms with Crippen LogP contribution in [-0.2, 0) is 14.8 Å². The molecule has 4 aromatic rings. The standard InChI is InChI=1S/C29H29FN4O3S/c1-20-14-15-21(2)28(16-20)33(38(36,37)25-10-6-5-7-11-25)19-29(35)32-31-18-24-17-22(3)34(23(24)4)27-13-9-8-12-26(27)30/h5-18H,19H2,1-4H3,(H,32,35)/b31-18+. The Labute approximate surface area is 222 Å². The number of carbonyl (C=O) groups is 1. The highest BCUT2D eigenvalue weighted by Gasteiger charge is 2.28. The molecule has 0 aliphatic rings. The summed E-state index contributed by atoms with van der Waals surface area (Å²) in [7, 11) is -4.03. The number of carbonyl (C=O) groups excluding carboxylic acids is 1. The van der Waals surface area contributed by atoms with E-state index in [0.29, 0.717) is 22.5 Å². The number of rotatable bonds is 8. The number of anilines is 1. The molecule has 3 aromatic carbocycles. The maximum absolute atomic E-state index is 14.4. The number of benzene rings is 3. The second kappa shape index (κ2) is 11.0. The number of hydrogen-bond acceptors (Lipinski definition) is 4. The Bertz CT molecular complexity index is 1610. The van der Waals surface area contributed by atoms with Gasteiger partial charge in [0.25, 0.3) is 15.9 Å². The summed E-state index contributed by atoms with van der Waals surface area (Å²) >= 11 is 0. The van der Waals surface area contributed by atoms with Gasteiger partial charge in [-0.25, -0.2) is 18.2 Å². The Morgan fingerprint density at radius 3 is 2.37 bits per heavy atom. The summed E-state index contributed by atoms with van der Waals surface area (Å²) in [5.74, 6) is -0.957. The summed E-state index contributed by atoms with van der Waals surface area (Å²) in [6, 6.07) is 21.7. The molecule has 1 aromatic heterocycles. The summed E-state index contributed by atoms with van der Waals surface area (Å²) < 4.78 is 44.3. The van der Waals surface area contributed by atoms with E-state index < -0.39 is 22.5 Å². The van der Waals surface area contributed by atoms with Gasteiger partial charge in [-0.15, -0.1) is 0 Å². The summed E-state index contributed by atoms with van der Waals surface area (Å²) in [5.41, 5.74) is 7.09. The third kappa shape index (κ3) is 5.52. The fourth-order valence-electron chi connectivity index (χ4n) is 4.27. The minimum atomic E-state index is -4.03. The van der Waals surface area contributed by atoms with Gasteiger partial charge >= 0.3 is 0 Å². The zero-order chi connectivity index (χ0) is 27.4. The summed E-state index contributed by atoms with van der Waals surface area (Å²) in [4.78, 5) is 13.0. The van der Waals surface area contributed by atoms with Gasteiger partial charge < -0.3 is 4.57 Å². The number of hydrazone groups is 1. The molecule has 1 heterocycles. The van der Waals surface area contributed by atoms with E-state index in [2.05, 4.69) is 10.5 Å². The number of sulfonamides is 1. The van der Waals surface area contributed by atoms with Crippen molar-refractivity contribution in [2.45, 2.75) is 32.6 Å². The highest BCUT2D eigenvalue weighted by molar-refractivity contribution is 7.92. The molecule has 1 N–H and O–H groups in total. The molecule has 0 saturated carbocycles. The molecule has 7 nitrogen and oxygen atoms in total. The lowest BCUT2D eigenvalue weighted by atomic mass is 10.1. The molecule has 9 heteroatoms. The Kier molecular flexibility index (Phi) is 7.78. The molecular weight excluding hydrogens is 503 g/mol. The van der Waals surface area contributed by atoms with Crippen molar-refractivity contribution in [2.75, 3.05) is 10.8 Å². The SMILES string of the molecule is Cc1ccc(C)c(N(CC(=O)N/N=C/c2cc(C)n(-c3ccccc3F)c2C)S(=O)(=O)c2ccccc2)c1. The maximum atomic E-state index is 14.4. The fourth-order valence-corrected chi connectivity index (χ4v) is 5.77. The van der Waals surface area contributed by atoms with Gasteiger partial charge in [-0.3, -0.25) is 9.10 Å². The van der Waals surface area contributed by atoms with E-state index in [4.69, 9.17) is 0 Å². The van der Waals surface area contributed by atoms with Gasteiger partial charge in [0, 0.05) is 17.0 Å². The van der Waals surface area contributed by atoms with Gasteiger partial charge in [0.1, 0.15) is 12.4 Å². The lowest BCUT2D eigenvalue weighted by Crippen LogP contribution is -2.40. The van der Waals surface area contributed by atoms with E-state index in [1.165, 1.54) is 24.4 Å². The predicted molar refractivity (Wildman–Crippen MR) is 148 cm³/mol. The van der Waals surface area contributed by atoms with E-state index in [0.717, 1.165) is 21.3 Å². The van der Waals surface area contributed by atoms with E-state index in [-0.39, 0.29) is 10.7 Å². The normalized spacial score (nSPS) is 11.6. The van der Waals surface area contributed by atoms with E-state index in [1.54, 1.807) is 54.0 Å². The molecule has 196 valence electrons. The van der Waals surface area contributed by atoms with Crippen LogP contribution in [0.25, 0.3) is 5.69 Å². The first-order valence-electron chi connectivity index (χ1n) is 12.0. The maximum Gasteiger partial charge on any atom is 0.264 e. The van der Waals surface area contributed by atoms with Crippen molar-refractivity contribution in [3.8, 4) is 5.69 Å².